The van der Waals surface area contributed by atoms with Crippen LogP contribution in [0.4, 0.5) is 8.78 Å². The van der Waals surface area contributed by atoms with Crippen molar-refractivity contribution in [3.63, 3.8) is 0 Å². The molecule has 0 saturated heterocycles. The van der Waals surface area contributed by atoms with Gasteiger partial charge in [0.05, 0.1) is 0 Å². The maximum absolute atomic E-state index is 14.6. The number of aryl methyl sites for hydroxylation is 1. The molecule has 1 atom stereocenters. The van der Waals surface area contributed by atoms with Crippen LogP contribution in [0.25, 0.3) is 0 Å². The zero-order valence-electron chi connectivity index (χ0n) is 16.9. The molecule has 1 amide bonds. The van der Waals surface area contributed by atoms with Crippen molar-refractivity contribution in [2.24, 2.45) is 16.9 Å². The molecule has 6 heteroatoms. The van der Waals surface area contributed by atoms with Crippen molar-refractivity contribution in [3.8, 4) is 0 Å². The van der Waals surface area contributed by atoms with Crippen molar-refractivity contribution in [3.05, 3.63) is 70.8 Å². The smallest absolute Gasteiger partial charge is 0.247 e. The second kappa shape index (κ2) is 7.49. The molecule has 156 valence electrons. The Morgan fingerprint density at radius 1 is 1.13 bits per heavy atom. The standard InChI is InChI=1S/C24H24F2N2OS/c1-15-6-8-17(9-7-15)23(29)28-24(13-12-16-4-2-3-5-20(16)24)30-22(27-28)19-14-18(25)10-11-21(19)26/h2-5,10-11,14-15,17H,6-9,12-13H2,1H3. The summed E-state index contributed by atoms with van der Waals surface area (Å²) in [5.74, 6) is -0.445. The lowest BCUT2D eigenvalue weighted by molar-refractivity contribution is -0.140. The Labute approximate surface area is 179 Å². The van der Waals surface area contributed by atoms with E-state index < -0.39 is 16.5 Å². The van der Waals surface area contributed by atoms with Crippen LogP contribution in [0.1, 0.15) is 55.7 Å². The van der Waals surface area contributed by atoms with Gasteiger partial charge in [0, 0.05) is 11.5 Å². The molecular weight excluding hydrogens is 402 g/mol. The monoisotopic (exact) mass is 426 g/mol. The highest BCUT2D eigenvalue weighted by atomic mass is 32.2. The van der Waals surface area contributed by atoms with Crippen LogP contribution in [-0.4, -0.2) is 16.0 Å². The van der Waals surface area contributed by atoms with Crippen LogP contribution in [0.3, 0.4) is 0 Å². The summed E-state index contributed by atoms with van der Waals surface area (Å²) in [6, 6.07) is 11.5. The second-order valence-corrected chi connectivity index (χ2v) is 9.95. The molecule has 1 aliphatic heterocycles. The third kappa shape index (κ3) is 3.16. The highest BCUT2D eigenvalue weighted by Gasteiger charge is 2.53. The van der Waals surface area contributed by atoms with Gasteiger partial charge in [0.1, 0.15) is 21.5 Å². The van der Waals surface area contributed by atoms with Crippen molar-refractivity contribution < 1.29 is 13.6 Å². The fourth-order valence-corrected chi connectivity index (χ4v) is 6.40. The van der Waals surface area contributed by atoms with E-state index in [9.17, 15) is 13.6 Å². The molecule has 1 saturated carbocycles. The second-order valence-electron chi connectivity index (χ2n) is 8.68. The van der Waals surface area contributed by atoms with Gasteiger partial charge in [0.2, 0.25) is 5.91 Å². The Hall–Kier alpha value is -2.21. The van der Waals surface area contributed by atoms with E-state index in [1.165, 1.54) is 23.4 Å². The molecule has 30 heavy (non-hydrogen) atoms. The van der Waals surface area contributed by atoms with E-state index in [1.54, 1.807) is 5.01 Å². The molecule has 0 N–H and O–H groups in total. The molecule has 1 heterocycles. The lowest BCUT2D eigenvalue weighted by Gasteiger charge is -2.36. The predicted molar refractivity (Wildman–Crippen MR) is 115 cm³/mol. The van der Waals surface area contributed by atoms with Gasteiger partial charge in [-0.25, -0.2) is 13.8 Å². The maximum Gasteiger partial charge on any atom is 0.247 e. The van der Waals surface area contributed by atoms with E-state index >= 15 is 0 Å². The summed E-state index contributed by atoms with van der Waals surface area (Å²) in [5.41, 5.74) is 2.37. The van der Waals surface area contributed by atoms with E-state index in [0.29, 0.717) is 11.0 Å². The van der Waals surface area contributed by atoms with E-state index in [-0.39, 0.29) is 17.4 Å². The number of nitrogens with zero attached hydrogens (tertiary/aromatic N) is 2. The normalized spacial score (nSPS) is 28.0. The van der Waals surface area contributed by atoms with E-state index in [0.717, 1.165) is 56.2 Å². The lowest BCUT2D eigenvalue weighted by Crippen LogP contribution is -2.43. The van der Waals surface area contributed by atoms with Gasteiger partial charge in [-0.3, -0.25) is 4.79 Å². The SMILES string of the molecule is CC1CCC(C(=O)N2N=C(c3cc(F)ccc3F)SC23CCc2ccccc23)CC1. The largest absolute Gasteiger partial charge is 0.273 e. The third-order valence-corrected chi connectivity index (χ3v) is 8.13. The topological polar surface area (TPSA) is 32.7 Å². The third-order valence-electron chi connectivity index (χ3n) is 6.70. The first-order valence-electron chi connectivity index (χ1n) is 10.6. The van der Waals surface area contributed by atoms with E-state index in [2.05, 4.69) is 18.1 Å². The number of benzene rings is 2. The maximum atomic E-state index is 14.6. The van der Waals surface area contributed by atoms with Crippen molar-refractivity contribution >= 4 is 22.7 Å². The number of carbonyl (C=O) groups excluding carboxylic acids is 1. The fourth-order valence-electron chi connectivity index (χ4n) is 4.96. The van der Waals surface area contributed by atoms with Gasteiger partial charge in [-0.15, -0.1) is 0 Å². The molecule has 2 aromatic rings. The van der Waals surface area contributed by atoms with Crippen LogP contribution in [0, 0.1) is 23.5 Å². The summed E-state index contributed by atoms with van der Waals surface area (Å²) >= 11 is 1.39. The molecule has 1 spiro atoms. The highest BCUT2D eigenvalue weighted by molar-refractivity contribution is 8.15. The first-order chi connectivity index (χ1) is 14.5. The molecule has 0 bridgehead atoms. The quantitative estimate of drug-likeness (QED) is 0.605. The fraction of sp³-hybridized carbons (Fsp3) is 0.417. The number of rotatable bonds is 2. The van der Waals surface area contributed by atoms with Crippen LogP contribution < -0.4 is 0 Å². The average molecular weight is 427 g/mol. The van der Waals surface area contributed by atoms with Gasteiger partial charge >= 0.3 is 0 Å². The lowest BCUT2D eigenvalue weighted by atomic mass is 9.82. The Bertz CT molecular complexity index is 1030. The minimum Gasteiger partial charge on any atom is -0.273 e. The number of hydrogen-bond donors (Lipinski definition) is 0. The number of thioether (sulfide) groups is 1. The van der Waals surface area contributed by atoms with Crippen molar-refractivity contribution in [2.75, 3.05) is 0 Å². The van der Waals surface area contributed by atoms with Gasteiger partial charge in [-0.1, -0.05) is 43.0 Å². The van der Waals surface area contributed by atoms with Crippen molar-refractivity contribution in [1.82, 2.24) is 5.01 Å². The summed E-state index contributed by atoms with van der Waals surface area (Å²) in [6.07, 6.45) is 5.35. The van der Waals surface area contributed by atoms with Crippen molar-refractivity contribution in [1.29, 1.82) is 0 Å². The number of halogens is 2. The molecule has 3 aliphatic rings. The van der Waals surface area contributed by atoms with E-state index in [4.69, 9.17) is 0 Å². The predicted octanol–water partition coefficient (Wildman–Crippen LogP) is 5.83. The molecule has 0 aromatic heterocycles. The summed E-state index contributed by atoms with van der Waals surface area (Å²) in [4.78, 5) is 13.0. The molecule has 2 aliphatic carbocycles. The van der Waals surface area contributed by atoms with Crippen LogP contribution >= 0.6 is 11.8 Å². The summed E-state index contributed by atoms with van der Waals surface area (Å²) in [6.45, 7) is 2.23. The summed E-state index contributed by atoms with van der Waals surface area (Å²) in [5, 5.41) is 6.64. The van der Waals surface area contributed by atoms with Crippen LogP contribution in [0.15, 0.2) is 47.6 Å². The Balaban J connectivity index is 1.57. The number of carbonyl (C=O) groups is 1. The van der Waals surface area contributed by atoms with Gasteiger partial charge in [-0.2, -0.15) is 5.10 Å². The van der Waals surface area contributed by atoms with Gasteiger partial charge in [0.15, 0.2) is 0 Å². The molecule has 1 fully saturated rings. The number of hydrazone groups is 1. The Morgan fingerprint density at radius 3 is 2.70 bits per heavy atom. The first kappa shape index (κ1) is 19.7. The van der Waals surface area contributed by atoms with Crippen LogP contribution in [0.2, 0.25) is 0 Å². The Kier molecular flexibility index (Phi) is 4.92. The minimum atomic E-state index is -0.676. The van der Waals surface area contributed by atoms with E-state index in [1.807, 2.05) is 18.2 Å². The highest BCUT2D eigenvalue weighted by Crippen LogP contribution is 2.55. The molecule has 3 nitrogen and oxygen atoms in total. The molecule has 1 unspecified atom stereocenters. The zero-order chi connectivity index (χ0) is 20.9. The number of amides is 1. The van der Waals surface area contributed by atoms with Crippen LogP contribution in [0.5, 0.6) is 0 Å². The summed E-state index contributed by atoms with van der Waals surface area (Å²) in [7, 11) is 0. The van der Waals surface area contributed by atoms with Crippen LogP contribution in [-0.2, 0) is 16.1 Å². The average Bonchev–Trinajstić information content (AvgIpc) is 3.32. The molecular formula is C24H24F2N2OS. The minimum absolute atomic E-state index is 0.0120. The molecule has 2 aromatic carbocycles. The van der Waals surface area contributed by atoms with Crippen molar-refractivity contribution in [2.45, 2.75) is 50.3 Å². The first-order valence-corrected chi connectivity index (χ1v) is 11.4. The Morgan fingerprint density at radius 2 is 1.90 bits per heavy atom. The zero-order valence-corrected chi connectivity index (χ0v) is 17.7. The molecule has 0 radical (unpaired) electrons. The number of fused-ring (bicyclic) bond motifs is 2. The number of hydrogen-bond acceptors (Lipinski definition) is 3. The molecule has 5 rings (SSSR count). The van der Waals surface area contributed by atoms with Gasteiger partial charge in [-0.05, 0) is 73.8 Å². The van der Waals surface area contributed by atoms with Gasteiger partial charge in [0.25, 0.3) is 0 Å². The van der Waals surface area contributed by atoms with Gasteiger partial charge < -0.3 is 0 Å². The summed E-state index contributed by atoms with van der Waals surface area (Å²) < 4.78 is 28.4.